The highest BCUT2D eigenvalue weighted by molar-refractivity contribution is 5.96. The van der Waals surface area contributed by atoms with Crippen molar-refractivity contribution in [2.75, 3.05) is 5.73 Å². The fourth-order valence-corrected chi connectivity index (χ4v) is 1.35. The van der Waals surface area contributed by atoms with Crippen LogP contribution in [-0.4, -0.2) is 11.4 Å². The van der Waals surface area contributed by atoms with Crippen LogP contribution >= 0.6 is 0 Å². The molecule has 0 saturated carbocycles. The molecule has 1 amide bonds. The molecule has 0 heterocycles. The van der Waals surface area contributed by atoms with E-state index in [1.807, 2.05) is 33.8 Å². The lowest BCUT2D eigenvalue weighted by atomic mass is 10.00. The van der Waals surface area contributed by atoms with E-state index in [0.29, 0.717) is 11.3 Å². The molecule has 1 aromatic carbocycles. The third-order valence-electron chi connectivity index (χ3n) is 2.84. The number of anilines is 1. The van der Waals surface area contributed by atoms with Gasteiger partial charge in [-0.15, -0.1) is 0 Å². The van der Waals surface area contributed by atoms with Gasteiger partial charge in [-0.3, -0.25) is 4.79 Å². The van der Waals surface area contributed by atoms with Gasteiger partial charge in [0.05, 0.1) is 0 Å². The van der Waals surface area contributed by atoms with Gasteiger partial charge in [0, 0.05) is 16.8 Å². The normalized spacial score (nSPS) is 11.2. The molecule has 1 aromatic rings. The van der Waals surface area contributed by atoms with E-state index in [0.717, 1.165) is 12.0 Å². The van der Waals surface area contributed by atoms with E-state index in [4.69, 9.17) is 5.73 Å². The van der Waals surface area contributed by atoms with E-state index in [1.54, 1.807) is 12.1 Å². The van der Waals surface area contributed by atoms with Crippen LogP contribution in [0.25, 0.3) is 0 Å². The zero-order valence-electron chi connectivity index (χ0n) is 10.4. The number of nitrogens with one attached hydrogen (secondary N) is 1. The highest BCUT2D eigenvalue weighted by atomic mass is 16.1. The summed E-state index contributed by atoms with van der Waals surface area (Å²) in [6.07, 6.45) is 0.889. The summed E-state index contributed by atoms with van der Waals surface area (Å²) >= 11 is 0. The topological polar surface area (TPSA) is 55.1 Å². The van der Waals surface area contributed by atoms with Crippen LogP contribution < -0.4 is 11.1 Å². The Labute approximate surface area is 97.0 Å². The van der Waals surface area contributed by atoms with Crippen molar-refractivity contribution >= 4 is 11.6 Å². The Morgan fingerprint density at radius 3 is 2.62 bits per heavy atom. The number of carbonyl (C=O) groups excluding carboxylic acids is 1. The minimum Gasteiger partial charge on any atom is -0.399 e. The maximum absolute atomic E-state index is 12.0. The van der Waals surface area contributed by atoms with E-state index in [1.165, 1.54) is 0 Å². The van der Waals surface area contributed by atoms with Crippen molar-refractivity contribution in [3.63, 3.8) is 0 Å². The first-order valence-corrected chi connectivity index (χ1v) is 5.54. The van der Waals surface area contributed by atoms with E-state index in [2.05, 4.69) is 5.32 Å². The second kappa shape index (κ2) is 4.56. The van der Waals surface area contributed by atoms with Gasteiger partial charge in [0.15, 0.2) is 0 Å². The van der Waals surface area contributed by atoms with Gasteiger partial charge < -0.3 is 11.1 Å². The van der Waals surface area contributed by atoms with Gasteiger partial charge >= 0.3 is 0 Å². The minimum atomic E-state index is -0.186. The minimum absolute atomic E-state index is 0.0587. The zero-order valence-corrected chi connectivity index (χ0v) is 10.4. The molecule has 0 aliphatic carbocycles. The quantitative estimate of drug-likeness (QED) is 0.769. The summed E-state index contributed by atoms with van der Waals surface area (Å²) < 4.78 is 0. The molecular formula is C13H20N2O. The number of rotatable bonds is 3. The zero-order chi connectivity index (χ0) is 12.3. The summed E-state index contributed by atoms with van der Waals surface area (Å²) in [7, 11) is 0. The first kappa shape index (κ1) is 12.6. The van der Waals surface area contributed by atoms with Crippen LogP contribution in [0, 0.1) is 6.92 Å². The largest absolute Gasteiger partial charge is 0.399 e. The van der Waals surface area contributed by atoms with Gasteiger partial charge in [-0.1, -0.05) is 13.0 Å². The fraction of sp³-hybridized carbons (Fsp3) is 0.462. The molecule has 1 rings (SSSR count). The van der Waals surface area contributed by atoms with Crippen molar-refractivity contribution in [3.05, 3.63) is 29.3 Å². The highest BCUT2D eigenvalue weighted by Crippen LogP contribution is 2.15. The molecule has 3 heteroatoms. The maximum Gasteiger partial charge on any atom is 0.252 e. The molecule has 0 saturated heterocycles. The Morgan fingerprint density at radius 2 is 2.06 bits per heavy atom. The number of amides is 1. The molecule has 3 nitrogen and oxygen atoms in total. The number of hydrogen-bond acceptors (Lipinski definition) is 2. The highest BCUT2D eigenvalue weighted by Gasteiger charge is 2.19. The van der Waals surface area contributed by atoms with E-state index >= 15 is 0 Å². The van der Waals surface area contributed by atoms with E-state index < -0.39 is 0 Å². The van der Waals surface area contributed by atoms with Crippen molar-refractivity contribution in [2.24, 2.45) is 0 Å². The van der Waals surface area contributed by atoms with Gasteiger partial charge in [0.1, 0.15) is 0 Å². The van der Waals surface area contributed by atoms with Crippen molar-refractivity contribution < 1.29 is 4.79 Å². The van der Waals surface area contributed by atoms with Gasteiger partial charge in [-0.05, 0) is 44.9 Å². The first-order valence-electron chi connectivity index (χ1n) is 5.54. The number of benzene rings is 1. The van der Waals surface area contributed by atoms with Crippen LogP contribution in [0.3, 0.4) is 0 Å². The van der Waals surface area contributed by atoms with Crippen LogP contribution in [0.15, 0.2) is 18.2 Å². The Bertz CT molecular complexity index is 397. The Balaban J connectivity index is 2.93. The second-order valence-electron chi connectivity index (χ2n) is 4.77. The summed E-state index contributed by atoms with van der Waals surface area (Å²) in [5, 5.41) is 3.00. The molecule has 0 atom stereocenters. The smallest absolute Gasteiger partial charge is 0.252 e. The fourth-order valence-electron chi connectivity index (χ4n) is 1.35. The van der Waals surface area contributed by atoms with Gasteiger partial charge in [-0.25, -0.2) is 0 Å². The summed E-state index contributed by atoms with van der Waals surface area (Å²) in [4.78, 5) is 12.0. The molecule has 0 spiro atoms. The molecule has 0 radical (unpaired) electrons. The molecule has 16 heavy (non-hydrogen) atoms. The van der Waals surface area contributed by atoms with E-state index in [-0.39, 0.29) is 11.4 Å². The number of carbonyl (C=O) groups is 1. The van der Waals surface area contributed by atoms with Crippen LogP contribution in [0.5, 0.6) is 0 Å². The third kappa shape index (κ3) is 2.99. The molecule has 0 aliphatic heterocycles. The monoisotopic (exact) mass is 220 g/mol. The first-order chi connectivity index (χ1) is 7.35. The lowest BCUT2D eigenvalue weighted by Gasteiger charge is -2.25. The molecule has 3 N–H and O–H groups in total. The Kier molecular flexibility index (Phi) is 3.58. The molecule has 88 valence electrons. The maximum atomic E-state index is 12.0. The van der Waals surface area contributed by atoms with Crippen LogP contribution in [0.1, 0.15) is 43.1 Å². The average Bonchev–Trinajstić information content (AvgIpc) is 2.21. The van der Waals surface area contributed by atoms with Crippen molar-refractivity contribution in [1.29, 1.82) is 0 Å². The standard InChI is InChI=1S/C13H20N2O/c1-5-13(3,4)15-12(16)11-8-10(14)7-6-9(11)2/h6-8H,5,14H2,1-4H3,(H,15,16). The summed E-state index contributed by atoms with van der Waals surface area (Å²) in [6, 6.07) is 5.39. The predicted molar refractivity (Wildman–Crippen MR) is 67.4 cm³/mol. The van der Waals surface area contributed by atoms with Gasteiger partial charge in [0.25, 0.3) is 5.91 Å². The molecule has 0 unspecified atom stereocenters. The number of aryl methyl sites for hydroxylation is 1. The SMILES string of the molecule is CCC(C)(C)NC(=O)c1cc(N)ccc1C. The molecule has 0 aromatic heterocycles. The van der Waals surface area contributed by atoms with Crippen molar-refractivity contribution in [1.82, 2.24) is 5.32 Å². The molecule has 0 fully saturated rings. The molecular weight excluding hydrogens is 200 g/mol. The number of nitrogens with two attached hydrogens (primary N) is 1. The summed E-state index contributed by atoms with van der Waals surface area (Å²) in [5.41, 5.74) is 7.71. The van der Waals surface area contributed by atoms with Crippen molar-refractivity contribution in [2.45, 2.75) is 39.7 Å². The van der Waals surface area contributed by atoms with Crippen molar-refractivity contribution in [3.8, 4) is 0 Å². The number of nitrogen functional groups attached to an aromatic ring is 1. The predicted octanol–water partition coefficient (Wildman–Crippen LogP) is 2.50. The molecule has 0 aliphatic rings. The molecule has 0 bridgehead atoms. The Morgan fingerprint density at radius 1 is 1.44 bits per heavy atom. The summed E-state index contributed by atoms with van der Waals surface area (Å²) in [6.45, 7) is 7.97. The Hall–Kier alpha value is -1.51. The lowest BCUT2D eigenvalue weighted by Crippen LogP contribution is -2.43. The van der Waals surface area contributed by atoms with Crippen LogP contribution in [0.4, 0.5) is 5.69 Å². The summed E-state index contributed by atoms with van der Waals surface area (Å²) in [5.74, 6) is -0.0587. The average molecular weight is 220 g/mol. The number of hydrogen-bond donors (Lipinski definition) is 2. The van der Waals surface area contributed by atoms with Gasteiger partial charge in [-0.2, -0.15) is 0 Å². The van der Waals surface area contributed by atoms with E-state index in [9.17, 15) is 4.79 Å². The third-order valence-corrected chi connectivity index (χ3v) is 2.84. The second-order valence-corrected chi connectivity index (χ2v) is 4.77. The van der Waals surface area contributed by atoms with Crippen LogP contribution in [0.2, 0.25) is 0 Å². The van der Waals surface area contributed by atoms with Crippen LogP contribution in [-0.2, 0) is 0 Å². The lowest BCUT2D eigenvalue weighted by molar-refractivity contribution is 0.0910. The van der Waals surface area contributed by atoms with Gasteiger partial charge in [0.2, 0.25) is 0 Å².